The number of piperidine rings is 1. The van der Waals surface area contributed by atoms with Crippen molar-refractivity contribution in [3.8, 4) is 0 Å². The summed E-state index contributed by atoms with van der Waals surface area (Å²) in [4.78, 5) is 2.25. The summed E-state index contributed by atoms with van der Waals surface area (Å²) >= 11 is 4.24. The number of likely N-dealkylation sites (tertiary alicyclic amines) is 1. The fourth-order valence-corrected chi connectivity index (χ4v) is 0.948. The second kappa shape index (κ2) is 16.9. The molecular formula is C9H19I2NY-2. The van der Waals surface area contributed by atoms with Gasteiger partial charge in [0.25, 0.3) is 0 Å². The van der Waals surface area contributed by atoms with Crippen molar-refractivity contribution in [3.05, 3.63) is 13.0 Å². The third-order valence-electron chi connectivity index (χ3n) is 1.73. The quantitative estimate of drug-likeness (QED) is 0.367. The Balaban J connectivity index is -0.000000178. The van der Waals surface area contributed by atoms with E-state index in [1.54, 1.807) is 0 Å². The first-order valence-electron chi connectivity index (χ1n) is 4.33. The molecule has 4 heteroatoms. The second-order valence-electron chi connectivity index (χ2n) is 2.40. The molecule has 0 saturated carbocycles. The van der Waals surface area contributed by atoms with Gasteiger partial charge in [0.2, 0.25) is 0 Å². The van der Waals surface area contributed by atoms with Gasteiger partial charge in [-0.05, 0) is 7.05 Å². The summed E-state index contributed by atoms with van der Waals surface area (Å²) in [5, 5.41) is 0. The summed E-state index contributed by atoms with van der Waals surface area (Å²) in [5.41, 5.74) is 0. The first-order chi connectivity index (χ1) is 5.80. The maximum Gasteiger partial charge on any atom is 0 e. The van der Waals surface area contributed by atoms with Crippen LogP contribution in [0.5, 0.6) is 0 Å². The fraction of sp³-hybridized carbons (Fsp3) is 0.778. The molecule has 0 aromatic heterocycles. The van der Waals surface area contributed by atoms with Gasteiger partial charge >= 0.3 is 0 Å². The normalized spacial score (nSPS) is 21.2. The molecule has 1 fully saturated rings. The number of nitrogens with zero attached hydrogens (tertiary/aromatic N) is 1. The molecule has 0 aromatic carbocycles. The summed E-state index contributed by atoms with van der Waals surface area (Å²) in [6.07, 6.45) is 4.83. The summed E-state index contributed by atoms with van der Waals surface area (Å²) < 4.78 is 0. The SMILES string of the molecule is CC.CC1[CH-]CC[CH-]N1C.II.[Y]. The van der Waals surface area contributed by atoms with E-state index in [4.69, 9.17) is 0 Å². The van der Waals surface area contributed by atoms with Crippen molar-refractivity contribution in [3.63, 3.8) is 0 Å². The van der Waals surface area contributed by atoms with Crippen molar-refractivity contribution in [1.82, 2.24) is 4.90 Å². The van der Waals surface area contributed by atoms with Gasteiger partial charge in [-0.15, -0.1) is 6.04 Å². The molecule has 1 atom stereocenters. The van der Waals surface area contributed by atoms with E-state index in [2.05, 4.69) is 69.1 Å². The van der Waals surface area contributed by atoms with Gasteiger partial charge in [-0.3, -0.25) is 6.54 Å². The molecule has 1 radical (unpaired) electrons. The third-order valence-corrected chi connectivity index (χ3v) is 1.73. The zero-order valence-corrected chi connectivity index (χ0v) is 16.1. The van der Waals surface area contributed by atoms with Gasteiger partial charge in [0, 0.05) is 69.9 Å². The second-order valence-corrected chi connectivity index (χ2v) is 2.40. The molecule has 1 aliphatic rings. The van der Waals surface area contributed by atoms with E-state index >= 15 is 0 Å². The molecular weight excluding hydrogens is 465 g/mol. The monoisotopic (exact) mass is 484 g/mol. The van der Waals surface area contributed by atoms with Crippen LogP contribution in [-0.2, 0) is 32.7 Å². The van der Waals surface area contributed by atoms with Crippen LogP contribution in [0, 0.1) is 13.0 Å². The van der Waals surface area contributed by atoms with Gasteiger partial charge in [0.1, 0.15) is 0 Å². The minimum absolute atomic E-state index is 0. The summed E-state index contributed by atoms with van der Waals surface area (Å²) in [6.45, 7) is 8.47. The zero-order valence-electron chi connectivity index (χ0n) is 8.93. The standard InChI is InChI=1S/C7H13N.C2H6.I2.Y/c1-7-5-3-4-6-8(7)2;2*1-2;/h5-7H,3-4H2,1-2H3;1-2H3;;/q-2;;;. The van der Waals surface area contributed by atoms with Crippen molar-refractivity contribution < 1.29 is 32.7 Å². The maximum absolute atomic E-state index is 2.35. The Morgan fingerprint density at radius 1 is 1.23 bits per heavy atom. The molecule has 1 saturated heterocycles. The van der Waals surface area contributed by atoms with E-state index in [1.807, 2.05) is 13.8 Å². The molecule has 1 nitrogen and oxygen atoms in total. The molecule has 0 aliphatic carbocycles. The fourth-order valence-electron chi connectivity index (χ4n) is 0.948. The minimum Gasteiger partial charge on any atom is -0.482 e. The third kappa shape index (κ3) is 12.5. The van der Waals surface area contributed by atoms with Crippen molar-refractivity contribution in [2.75, 3.05) is 7.05 Å². The average Bonchev–Trinajstić information content (AvgIpc) is 2.17. The number of hydrogen-bond donors (Lipinski definition) is 0. The van der Waals surface area contributed by atoms with E-state index in [9.17, 15) is 0 Å². The predicted molar refractivity (Wildman–Crippen MR) is 74.4 cm³/mol. The van der Waals surface area contributed by atoms with Crippen LogP contribution in [0.1, 0.15) is 33.6 Å². The zero-order chi connectivity index (χ0) is 9.98. The first kappa shape index (κ1) is 20.9. The van der Waals surface area contributed by atoms with E-state index in [-0.39, 0.29) is 32.7 Å². The van der Waals surface area contributed by atoms with Crippen LogP contribution < -0.4 is 0 Å². The molecule has 1 unspecified atom stereocenters. The molecule has 0 aromatic rings. The predicted octanol–water partition coefficient (Wildman–Crippen LogP) is 4.26. The minimum atomic E-state index is 0. The van der Waals surface area contributed by atoms with Crippen molar-refractivity contribution in [1.29, 1.82) is 0 Å². The Morgan fingerprint density at radius 3 is 1.92 bits per heavy atom. The van der Waals surface area contributed by atoms with Gasteiger partial charge in [0.15, 0.2) is 0 Å². The maximum atomic E-state index is 2.35. The van der Waals surface area contributed by atoms with Gasteiger partial charge in [-0.2, -0.15) is 6.42 Å². The summed E-state index contributed by atoms with van der Waals surface area (Å²) in [7, 11) is 2.13. The number of rotatable bonds is 0. The molecule has 1 heterocycles. The molecule has 0 amide bonds. The average molecular weight is 484 g/mol. The Morgan fingerprint density at radius 2 is 1.69 bits per heavy atom. The van der Waals surface area contributed by atoms with E-state index in [1.165, 1.54) is 12.8 Å². The Hall–Kier alpha value is 2.52. The van der Waals surface area contributed by atoms with Crippen LogP contribution in [0.15, 0.2) is 0 Å². The molecule has 1 rings (SSSR count). The topological polar surface area (TPSA) is 3.24 Å². The van der Waals surface area contributed by atoms with Crippen LogP contribution in [-0.4, -0.2) is 18.0 Å². The van der Waals surface area contributed by atoms with Crippen LogP contribution >= 0.6 is 37.2 Å². The summed E-state index contributed by atoms with van der Waals surface area (Å²) in [5.74, 6) is 0. The summed E-state index contributed by atoms with van der Waals surface area (Å²) in [6, 6.07) is 0.656. The van der Waals surface area contributed by atoms with Crippen molar-refractivity contribution >= 4 is 37.2 Å². The van der Waals surface area contributed by atoms with Crippen molar-refractivity contribution in [2.24, 2.45) is 0 Å². The Kier molecular flexibility index (Phi) is 27.2. The van der Waals surface area contributed by atoms with Gasteiger partial charge in [-0.25, -0.2) is 6.42 Å². The molecule has 13 heavy (non-hydrogen) atoms. The molecule has 1 aliphatic heterocycles. The number of hydrogen-bond acceptors (Lipinski definition) is 1. The molecule has 0 N–H and O–H groups in total. The number of halogens is 2. The molecule has 79 valence electrons. The van der Waals surface area contributed by atoms with Crippen LogP contribution in [0.2, 0.25) is 0 Å². The van der Waals surface area contributed by atoms with Crippen molar-refractivity contribution in [2.45, 2.75) is 39.7 Å². The van der Waals surface area contributed by atoms with E-state index in [0.717, 1.165) is 0 Å². The Bertz CT molecular complexity index is 74.0. The molecule has 0 bridgehead atoms. The van der Waals surface area contributed by atoms with Gasteiger partial charge < -0.3 is 11.3 Å². The van der Waals surface area contributed by atoms with E-state index in [0.29, 0.717) is 6.04 Å². The van der Waals surface area contributed by atoms with E-state index < -0.39 is 0 Å². The first-order valence-corrected chi connectivity index (χ1v) is 10.6. The van der Waals surface area contributed by atoms with Crippen LogP contribution in [0.4, 0.5) is 0 Å². The van der Waals surface area contributed by atoms with Gasteiger partial charge in [-0.1, -0.05) is 20.8 Å². The molecule has 0 spiro atoms. The largest absolute Gasteiger partial charge is 0.482 e. The smallest absolute Gasteiger partial charge is 0 e. The van der Waals surface area contributed by atoms with Crippen LogP contribution in [0.25, 0.3) is 0 Å². The Labute approximate surface area is 132 Å². The van der Waals surface area contributed by atoms with Gasteiger partial charge in [0.05, 0.1) is 0 Å². The van der Waals surface area contributed by atoms with Crippen LogP contribution in [0.3, 0.4) is 0 Å².